The van der Waals surface area contributed by atoms with Crippen molar-refractivity contribution in [3.8, 4) is 11.5 Å². The minimum absolute atomic E-state index is 0.462. The van der Waals surface area contributed by atoms with Crippen LogP contribution in [0.25, 0.3) is 0 Å². The molecule has 0 aliphatic rings. The number of nitrogens with two attached hydrogens (primary N) is 1. The highest BCUT2D eigenvalue weighted by atomic mass is 79.9. The normalized spacial score (nSPS) is 10.4. The molecular formula is C12H13BrN2O2S. The van der Waals surface area contributed by atoms with E-state index in [9.17, 15) is 0 Å². The van der Waals surface area contributed by atoms with E-state index in [1.54, 1.807) is 30.2 Å². The summed E-state index contributed by atoms with van der Waals surface area (Å²) in [7, 11) is 1.61. The Hall–Kier alpha value is -1.11. The molecule has 2 rings (SSSR count). The fourth-order valence-corrected chi connectivity index (χ4v) is 2.60. The summed E-state index contributed by atoms with van der Waals surface area (Å²) in [5.41, 5.74) is 8.39. The smallest absolute Gasteiger partial charge is 0.175 e. The summed E-state index contributed by atoms with van der Waals surface area (Å²) in [6.45, 7) is 0.936. The van der Waals surface area contributed by atoms with E-state index in [0.29, 0.717) is 24.7 Å². The third-order valence-electron chi connectivity index (χ3n) is 2.37. The van der Waals surface area contributed by atoms with Crippen LogP contribution in [0.15, 0.2) is 28.3 Å². The van der Waals surface area contributed by atoms with Gasteiger partial charge in [0, 0.05) is 12.7 Å². The summed E-state index contributed by atoms with van der Waals surface area (Å²) in [4.78, 5) is 5.07. The Morgan fingerprint density at radius 3 is 2.89 bits per heavy atom. The van der Waals surface area contributed by atoms with E-state index in [1.165, 1.54) is 0 Å². The van der Waals surface area contributed by atoms with Gasteiger partial charge in [0.15, 0.2) is 11.5 Å². The van der Waals surface area contributed by atoms with E-state index in [2.05, 4.69) is 20.9 Å². The van der Waals surface area contributed by atoms with Crippen LogP contribution in [0.4, 0.5) is 0 Å². The molecular weight excluding hydrogens is 316 g/mol. The van der Waals surface area contributed by atoms with Gasteiger partial charge in [-0.2, -0.15) is 0 Å². The van der Waals surface area contributed by atoms with Gasteiger partial charge in [-0.1, -0.05) is 0 Å². The Balaban J connectivity index is 2.20. The molecule has 1 heterocycles. The molecule has 1 aromatic heterocycles. The number of thiazole rings is 1. The first-order valence-corrected chi connectivity index (χ1v) is 6.98. The molecule has 6 heteroatoms. The minimum atomic E-state index is 0.462. The zero-order chi connectivity index (χ0) is 13.0. The van der Waals surface area contributed by atoms with Crippen molar-refractivity contribution in [2.75, 3.05) is 7.11 Å². The van der Waals surface area contributed by atoms with Crippen LogP contribution in [-0.2, 0) is 13.2 Å². The molecule has 0 atom stereocenters. The van der Waals surface area contributed by atoms with Crippen molar-refractivity contribution < 1.29 is 9.47 Å². The van der Waals surface area contributed by atoms with Crippen LogP contribution in [-0.4, -0.2) is 12.1 Å². The van der Waals surface area contributed by atoms with Gasteiger partial charge in [-0.15, -0.1) is 11.3 Å². The number of ether oxygens (including phenoxy) is 2. The largest absolute Gasteiger partial charge is 0.493 e. The lowest BCUT2D eigenvalue weighted by Gasteiger charge is -2.13. The molecule has 0 bridgehead atoms. The number of nitrogens with zero attached hydrogens (tertiary/aromatic N) is 1. The molecule has 18 heavy (non-hydrogen) atoms. The van der Waals surface area contributed by atoms with Gasteiger partial charge >= 0.3 is 0 Å². The number of benzene rings is 1. The van der Waals surface area contributed by atoms with E-state index >= 15 is 0 Å². The average molecular weight is 329 g/mol. The van der Waals surface area contributed by atoms with E-state index in [1.807, 2.05) is 12.1 Å². The Labute approximate surface area is 118 Å². The van der Waals surface area contributed by atoms with Gasteiger partial charge in [0.1, 0.15) is 6.61 Å². The van der Waals surface area contributed by atoms with E-state index in [0.717, 1.165) is 14.9 Å². The van der Waals surface area contributed by atoms with Crippen molar-refractivity contribution in [3.63, 3.8) is 0 Å². The summed E-state index contributed by atoms with van der Waals surface area (Å²) in [6.07, 6.45) is 1.79. The number of methoxy groups -OCH3 is 1. The van der Waals surface area contributed by atoms with Crippen LogP contribution >= 0.6 is 27.3 Å². The third kappa shape index (κ3) is 3.01. The summed E-state index contributed by atoms with van der Waals surface area (Å²) in [5, 5.41) is 0. The first-order valence-electron chi connectivity index (χ1n) is 5.31. The summed E-state index contributed by atoms with van der Waals surface area (Å²) >= 11 is 5.03. The molecule has 96 valence electrons. The van der Waals surface area contributed by atoms with Crippen molar-refractivity contribution in [1.82, 2.24) is 4.98 Å². The van der Waals surface area contributed by atoms with Crippen LogP contribution in [0, 0.1) is 0 Å². The number of rotatable bonds is 5. The standard InChI is InChI=1S/C12H13BrN2O2S/c1-16-11-3-8(4-14)2-10(13)12(11)17-6-9-5-15-7-18-9/h2-3,5,7H,4,6,14H2,1H3. The fraction of sp³-hybridized carbons (Fsp3) is 0.250. The Kier molecular flexibility index (Phi) is 4.57. The molecule has 0 saturated carbocycles. The number of halogens is 1. The van der Waals surface area contributed by atoms with Crippen LogP contribution in [0.2, 0.25) is 0 Å². The molecule has 0 saturated heterocycles. The first kappa shape index (κ1) is 13.3. The highest BCUT2D eigenvalue weighted by Crippen LogP contribution is 2.37. The summed E-state index contributed by atoms with van der Waals surface area (Å²) in [5.74, 6) is 1.36. The van der Waals surface area contributed by atoms with E-state index in [-0.39, 0.29) is 0 Å². The van der Waals surface area contributed by atoms with Crippen molar-refractivity contribution in [2.24, 2.45) is 5.73 Å². The lowest BCUT2D eigenvalue weighted by Crippen LogP contribution is -2.01. The molecule has 2 aromatic rings. The van der Waals surface area contributed by atoms with E-state index in [4.69, 9.17) is 15.2 Å². The van der Waals surface area contributed by atoms with Gasteiger partial charge < -0.3 is 15.2 Å². The first-order chi connectivity index (χ1) is 8.74. The van der Waals surface area contributed by atoms with Crippen LogP contribution in [0.1, 0.15) is 10.4 Å². The van der Waals surface area contributed by atoms with Crippen molar-refractivity contribution >= 4 is 27.3 Å². The average Bonchev–Trinajstić information content (AvgIpc) is 2.89. The molecule has 2 N–H and O–H groups in total. The predicted molar refractivity (Wildman–Crippen MR) is 75.0 cm³/mol. The second-order valence-electron chi connectivity index (χ2n) is 3.57. The topological polar surface area (TPSA) is 57.4 Å². The highest BCUT2D eigenvalue weighted by Gasteiger charge is 2.11. The van der Waals surface area contributed by atoms with Crippen LogP contribution in [0.3, 0.4) is 0 Å². The van der Waals surface area contributed by atoms with Gasteiger partial charge in [0.25, 0.3) is 0 Å². The second-order valence-corrected chi connectivity index (χ2v) is 5.39. The van der Waals surface area contributed by atoms with Gasteiger partial charge in [0.2, 0.25) is 0 Å². The summed E-state index contributed by atoms with van der Waals surface area (Å²) in [6, 6.07) is 3.82. The van der Waals surface area contributed by atoms with Crippen LogP contribution in [0.5, 0.6) is 11.5 Å². The van der Waals surface area contributed by atoms with Gasteiger partial charge in [-0.05, 0) is 33.6 Å². The van der Waals surface area contributed by atoms with Gasteiger partial charge in [-0.25, -0.2) is 0 Å². The minimum Gasteiger partial charge on any atom is -0.493 e. The lowest BCUT2D eigenvalue weighted by molar-refractivity contribution is 0.285. The zero-order valence-corrected chi connectivity index (χ0v) is 12.3. The fourth-order valence-electron chi connectivity index (χ4n) is 1.49. The number of hydrogen-bond acceptors (Lipinski definition) is 5. The SMILES string of the molecule is COc1cc(CN)cc(Br)c1OCc1cncs1. The van der Waals surface area contributed by atoms with Crippen LogP contribution < -0.4 is 15.2 Å². The molecule has 0 aliphatic carbocycles. The molecule has 0 fully saturated rings. The third-order valence-corrected chi connectivity index (χ3v) is 3.71. The van der Waals surface area contributed by atoms with Crippen molar-refractivity contribution in [3.05, 3.63) is 38.8 Å². The maximum atomic E-state index is 5.76. The lowest BCUT2D eigenvalue weighted by atomic mass is 10.2. The molecule has 4 nitrogen and oxygen atoms in total. The Morgan fingerprint density at radius 1 is 1.44 bits per heavy atom. The predicted octanol–water partition coefficient (Wildman–Crippen LogP) is 2.95. The quantitative estimate of drug-likeness (QED) is 0.916. The molecule has 0 unspecified atom stereocenters. The molecule has 1 aromatic carbocycles. The second kappa shape index (κ2) is 6.17. The summed E-state index contributed by atoms with van der Waals surface area (Å²) < 4.78 is 11.9. The molecule has 0 spiro atoms. The van der Waals surface area contributed by atoms with E-state index < -0.39 is 0 Å². The monoisotopic (exact) mass is 328 g/mol. The van der Waals surface area contributed by atoms with Crippen molar-refractivity contribution in [1.29, 1.82) is 0 Å². The highest BCUT2D eigenvalue weighted by molar-refractivity contribution is 9.10. The molecule has 0 radical (unpaired) electrons. The van der Waals surface area contributed by atoms with Gasteiger partial charge in [0.05, 0.1) is 22.0 Å². The maximum absolute atomic E-state index is 5.76. The maximum Gasteiger partial charge on any atom is 0.175 e. The molecule has 0 aliphatic heterocycles. The number of aromatic nitrogens is 1. The van der Waals surface area contributed by atoms with Crippen molar-refractivity contribution in [2.45, 2.75) is 13.2 Å². The zero-order valence-electron chi connectivity index (χ0n) is 9.85. The number of hydrogen-bond donors (Lipinski definition) is 1. The van der Waals surface area contributed by atoms with Gasteiger partial charge in [-0.3, -0.25) is 4.98 Å². The Morgan fingerprint density at radius 2 is 2.28 bits per heavy atom. The molecule has 0 amide bonds. The Bertz CT molecular complexity index is 517.